The van der Waals surface area contributed by atoms with E-state index in [0.29, 0.717) is 10.8 Å². The van der Waals surface area contributed by atoms with Gasteiger partial charge >= 0.3 is 0 Å². The fraction of sp³-hybridized carbons (Fsp3) is 1.00. The summed E-state index contributed by atoms with van der Waals surface area (Å²) in [6, 6.07) is 2.33. The summed E-state index contributed by atoms with van der Waals surface area (Å²) in [5, 5.41) is 8.00. The number of fused-ring (bicyclic) bond motifs is 2. The molecule has 1 heterocycles. The van der Waals surface area contributed by atoms with Gasteiger partial charge in [0.15, 0.2) is 0 Å². The molecular formula is C19H34N2. The summed E-state index contributed by atoms with van der Waals surface area (Å²) in [7, 11) is 0. The normalized spacial score (nSPS) is 51.9. The average Bonchev–Trinajstić information content (AvgIpc) is 3.16. The zero-order chi connectivity index (χ0) is 14.7. The van der Waals surface area contributed by atoms with E-state index in [1.54, 1.807) is 0 Å². The summed E-state index contributed by atoms with van der Waals surface area (Å²) < 4.78 is 0. The third kappa shape index (κ3) is 2.20. The monoisotopic (exact) mass is 290 g/mol. The van der Waals surface area contributed by atoms with Crippen LogP contribution in [0.2, 0.25) is 0 Å². The van der Waals surface area contributed by atoms with Crippen LogP contribution in [0.15, 0.2) is 0 Å². The molecule has 0 aromatic carbocycles. The summed E-state index contributed by atoms with van der Waals surface area (Å²) in [6.45, 7) is 8.90. The zero-order valence-electron chi connectivity index (χ0n) is 14.3. The smallest absolute Gasteiger partial charge is 0.0177 e. The molecule has 3 aliphatic carbocycles. The molecule has 120 valence electrons. The minimum absolute atomic E-state index is 0.503. The predicted octanol–water partition coefficient (Wildman–Crippen LogP) is 3.71. The highest BCUT2D eigenvalue weighted by Crippen LogP contribution is 2.62. The van der Waals surface area contributed by atoms with Crippen molar-refractivity contribution in [3.8, 4) is 0 Å². The van der Waals surface area contributed by atoms with E-state index in [4.69, 9.17) is 0 Å². The third-order valence-electron chi connectivity index (χ3n) is 7.84. The van der Waals surface area contributed by atoms with Crippen LogP contribution in [0.1, 0.15) is 72.1 Å². The van der Waals surface area contributed by atoms with Gasteiger partial charge in [-0.1, -0.05) is 27.2 Å². The molecular weight excluding hydrogens is 256 g/mol. The highest BCUT2D eigenvalue weighted by atomic mass is 15.1. The second-order valence-corrected chi connectivity index (χ2v) is 9.42. The molecule has 6 atom stereocenters. The molecule has 4 rings (SSSR count). The first-order valence-corrected chi connectivity index (χ1v) is 9.50. The van der Waals surface area contributed by atoms with Gasteiger partial charge in [-0.3, -0.25) is 0 Å². The van der Waals surface area contributed by atoms with Gasteiger partial charge < -0.3 is 10.6 Å². The van der Waals surface area contributed by atoms with Crippen molar-refractivity contribution >= 4 is 0 Å². The Balaban J connectivity index is 1.49. The summed E-state index contributed by atoms with van der Waals surface area (Å²) in [6.07, 6.45) is 11.5. The minimum Gasteiger partial charge on any atom is -0.314 e. The van der Waals surface area contributed by atoms with Crippen LogP contribution in [-0.2, 0) is 0 Å². The topological polar surface area (TPSA) is 24.1 Å². The van der Waals surface area contributed by atoms with Crippen molar-refractivity contribution in [3.05, 3.63) is 0 Å². The Bertz CT molecular complexity index is 394. The van der Waals surface area contributed by atoms with Crippen LogP contribution in [-0.4, -0.2) is 24.7 Å². The van der Waals surface area contributed by atoms with E-state index in [0.717, 1.165) is 30.0 Å². The van der Waals surface area contributed by atoms with E-state index >= 15 is 0 Å². The van der Waals surface area contributed by atoms with Gasteiger partial charge in [0.2, 0.25) is 0 Å². The number of nitrogens with one attached hydrogen (secondary N) is 2. The molecule has 0 spiro atoms. The summed E-state index contributed by atoms with van der Waals surface area (Å²) >= 11 is 0. The maximum absolute atomic E-state index is 4.23. The Morgan fingerprint density at radius 3 is 2.52 bits per heavy atom. The third-order valence-corrected chi connectivity index (χ3v) is 7.84. The fourth-order valence-electron chi connectivity index (χ4n) is 6.69. The van der Waals surface area contributed by atoms with E-state index < -0.39 is 0 Å². The lowest BCUT2D eigenvalue weighted by Gasteiger charge is -2.46. The van der Waals surface area contributed by atoms with E-state index in [-0.39, 0.29) is 0 Å². The maximum atomic E-state index is 4.23. The van der Waals surface area contributed by atoms with Crippen molar-refractivity contribution in [1.82, 2.24) is 10.6 Å². The molecule has 0 aromatic rings. The Morgan fingerprint density at radius 2 is 1.86 bits per heavy atom. The molecule has 2 N–H and O–H groups in total. The van der Waals surface area contributed by atoms with Gasteiger partial charge in [0.25, 0.3) is 0 Å². The Hall–Kier alpha value is -0.0800. The van der Waals surface area contributed by atoms with Crippen LogP contribution >= 0.6 is 0 Å². The second kappa shape index (κ2) is 4.96. The van der Waals surface area contributed by atoms with Gasteiger partial charge in [0.05, 0.1) is 0 Å². The Kier molecular flexibility index (Phi) is 3.43. The first-order chi connectivity index (χ1) is 10.0. The van der Waals surface area contributed by atoms with Gasteiger partial charge in [-0.2, -0.15) is 0 Å². The standard InChI is InChI=1S/C19H34N2/c1-18(2)13-9-10-19(3,12-13)17(18)21-16-7-4-6-14(16)15-8-5-11-20-15/h13-17,20-21H,4-12H2,1-3H3. The second-order valence-electron chi connectivity index (χ2n) is 9.42. The molecule has 4 fully saturated rings. The molecule has 0 radical (unpaired) electrons. The fourth-order valence-corrected chi connectivity index (χ4v) is 6.69. The van der Waals surface area contributed by atoms with Crippen molar-refractivity contribution in [3.63, 3.8) is 0 Å². The number of hydrogen-bond acceptors (Lipinski definition) is 2. The van der Waals surface area contributed by atoms with E-state index in [9.17, 15) is 0 Å². The minimum atomic E-state index is 0.503. The molecule has 21 heavy (non-hydrogen) atoms. The molecule has 2 bridgehead atoms. The van der Waals surface area contributed by atoms with Crippen LogP contribution < -0.4 is 10.6 Å². The van der Waals surface area contributed by atoms with Gasteiger partial charge in [0.1, 0.15) is 0 Å². The molecule has 6 unspecified atom stereocenters. The largest absolute Gasteiger partial charge is 0.314 e. The van der Waals surface area contributed by atoms with Crippen molar-refractivity contribution in [1.29, 1.82) is 0 Å². The van der Waals surface area contributed by atoms with Gasteiger partial charge in [-0.25, -0.2) is 0 Å². The van der Waals surface area contributed by atoms with Crippen molar-refractivity contribution in [2.45, 2.75) is 90.3 Å². The Morgan fingerprint density at radius 1 is 1.00 bits per heavy atom. The molecule has 1 saturated heterocycles. The lowest BCUT2D eigenvalue weighted by Crippen LogP contribution is -2.56. The van der Waals surface area contributed by atoms with Crippen molar-refractivity contribution in [2.75, 3.05) is 6.54 Å². The molecule has 1 aliphatic heterocycles. The molecule has 2 nitrogen and oxygen atoms in total. The van der Waals surface area contributed by atoms with Crippen LogP contribution in [0, 0.1) is 22.7 Å². The lowest BCUT2D eigenvalue weighted by atomic mass is 9.68. The van der Waals surface area contributed by atoms with Crippen LogP contribution in [0.4, 0.5) is 0 Å². The predicted molar refractivity (Wildman–Crippen MR) is 88.3 cm³/mol. The summed E-state index contributed by atoms with van der Waals surface area (Å²) in [5.74, 6) is 1.86. The van der Waals surface area contributed by atoms with Crippen molar-refractivity contribution in [2.24, 2.45) is 22.7 Å². The molecule has 0 amide bonds. The van der Waals surface area contributed by atoms with Crippen LogP contribution in [0.25, 0.3) is 0 Å². The van der Waals surface area contributed by atoms with Crippen molar-refractivity contribution < 1.29 is 0 Å². The molecule has 0 aromatic heterocycles. The average molecular weight is 290 g/mol. The van der Waals surface area contributed by atoms with E-state index in [2.05, 4.69) is 31.4 Å². The quantitative estimate of drug-likeness (QED) is 0.828. The number of rotatable bonds is 3. The van der Waals surface area contributed by atoms with Gasteiger partial charge in [-0.15, -0.1) is 0 Å². The first kappa shape index (κ1) is 14.5. The first-order valence-electron chi connectivity index (χ1n) is 9.50. The van der Waals surface area contributed by atoms with Gasteiger partial charge in [-0.05, 0) is 74.2 Å². The highest BCUT2D eigenvalue weighted by molar-refractivity contribution is 5.13. The lowest BCUT2D eigenvalue weighted by molar-refractivity contribution is 0.0898. The van der Waals surface area contributed by atoms with E-state index in [1.165, 1.54) is 57.9 Å². The molecule has 4 aliphatic rings. The van der Waals surface area contributed by atoms with E-state index in [1.807, 2.05) is 0 Å². The van der Waals surface area contributed by atoms with Crippen LogP contribution in [0.3, 0.4) is 0 Å². The van der Waals surface area contributed by atoms with Crippen LogP contribution in [0.5, 0.6) is 0 Å². The molecule has 2 heteroatoms. The maximum Gasteiger partial charge on any atom is 0.0177 e. The number of hydrogen-bond donors (Lipinski definition) is 2. The SMILES string of the molecule is CC12CCC(C1)C(C)(C)C2NC1CCCC1C1CCCN1. The molecule has 3 saturated carbocycles. The zero-order valence-corrected chi connectivity index (χ0v) is 14.3. The van der Waals surface area contributed by atoms with Gasteiger partial charge in [0, 0.05) is 18.1 Å². The summed E-state index contributed by atoms with van der Waals surface area (Å²) in [5.41, 5.74) is 1.08. The highest BCUT2D eigenvalue weighted by Gasteiger charge is 2.59. The summed E-state index contributed by atoms with van der Waals surface area (Å²) in [4.78, 5) is 0. The Labute approximate surface area is 130 Å².